The van der Waals surface area contributed by atoms with Gasteiger partial charge in [-0.3, -0.25) is 4.79 Å². The van der Waals surface area contributed by atoms with Crippen LogP contribution in [-0.4, -0.2) is 27.0 Å². The molecule has 0 atom stereocenters. The highest BCUT2D eigenvalue weighted by molar-refractivity contribution is 6.41. The Balaban J connectivity index is 1.91. The summed E-state index contributed by atoms with van der Waals surface area (Å²) < 4.78 is 1.91. The van der Waals surface area contributed by atoms with E-state index >= 15 is 0 Å². The predicted molar refractivity (Wildman–Crippen MR) is 73.5 cm³/mol. The molecule has 0 aromatic carbocycles. The molecule has 0 unspecified atom stereocenters. The fraction of sp³-hybridized carbons (Fsp3) is 0.250. The zero-order valence-corrected chi connectivity index (χ0v) is 11.7. The van der Waals surface area contributed by atoms with Gasteiger partial charge in [-0.2, -0.15) is 0 Å². The van der Waals surface area contributed by atoms with Crippen LogP contribution in [0, 0.1) is 0 Å². The van der Waals surface area contributed by atoms with Crippen LogP contribution in [0.3, 0.4) is 0 Å². The molecule has 0 fully saturated rings. The molecule has 2 rings (SSSR count). The van der Waals surface area contributed by atoms with Crippen LogP contribution >= 0.6 is 23.2 Å². The van der Waals surface area contributed by atoms with E-state index < -0.39 is 0 Å². The Morgan fingerprint density at radius 3 is 2.84 bits per heavy atom. The summed E-state index contributed by atoms with van der Waals surface area (Å²) in [6, 6.07) is 1.49. The highest BCUT2D eigenvalue weighted by Crippen LogP contribution is 2.19. The highest BCUT2D eigenvalue weighted by atomic mass is 35.5. The minimum absolute atomic E-state index is 0.186. The van der Waals surface area contributed by atoms with Crippen LogP contribution in [-0.2, 0) is 13.5 Å². The lowest BCUT2D eigenvalue weighted by atomic mass is 10.2. The van der Waals surface area contributed by atoms with Gasteiger partial charge in [0, 0.05) is 38.6 Å². The smallest absolute Gasteiger partial charge is 0.252 e. The Kier molecular flexibility index (Phi) is 4.39. The second-order valence-electron chi connectivity index (χ2n) is 3.96. The quantitative estimate of drug-likeness (QED) is 0.879. The Hall–Kier alpha value is -1.59. The summed E-state index contributed by atoms with van der Waals surface area (Å²) in [5.74, 6) is 0.674. The van der Waals surface area contributed by atoms with Gasteiger partial charge in [0.15, 0.2) is 0 Å². The van der Waals surface area contributed by atoms with Gasteiger partial charge in [0.2, 0.25) is 0 Å². The van der Waals surface area contributed by atoms with Crippen LogP contribution in [0.4, 0.5) is 0 Å². The van der Waals surface area contributed by atoms with Crippen molar-refractivity contribution in [3.63, 3.8) is 0 Å². The molecular weight excluding hydrogens is 287 g/mol. The van der Waals surface area contributed by atoms with Gasteiger partial charge < -0.3 is 9.88 Å². The van der Waals surface area contributed by atoms with Gasteiger partial charge in [-0.15, -0.1) is 0 Å². The molecule has 2 aromatic rings. The monoisotopic (exact) mass is 298 g/mol. The van der Waals surface area contributed by atoms with Crippen molar-refractivity contribution in [2.24, 2.45) is 7.05 Å². The van der Waals surface area contributed by atoms with E-state index in [-0.39, 0.29) is 16.1 Å². The van der Waals surface area contributed by atoms with Crippen molar-refractivity contribution >= 4 is 29.1 Å². The number of amides is 1. The molecular formula is C12H12Cl2N4O. The summed E-state index contributed by atoms with van der Waals surface area (Å²) in [5.41, 5.74) is 0.384. The number of nitrogens with one attached hydrogen (secondary N) is 1. The highest BCUT2D eigenvalue weighted by Gasteiger charge is 2.09. The maximum absolute atomic E-state index is 11.8. The first-order chi connectivity index (χ1) is 9.08. The predicted octanol–water partition coefficient (Wildman–Crippen LogP) is 2.09. The van der Waals surface area contributed by atoms with Crippen molar-refractivity contribution in [3.05, 3.63) is 46.2 Å². The maximum Gasteiger partial charge on any atom is 0.252 e. The fourth-order valence-electron chi connectivity index (χ4n) is 1.57. The van der Waals surface area contributed by atoms with Crippen molar-refractivity contribution in [2.45, 2.75) is 6.42 Å². The molecule has 0 bridgehead atoms. The van der Waals surface area contributed by atoms with E-state index in [4.69, 9.17) is 23.2 Å². The molecule has 0 saturated heterocycles. The molecule has 1 amide bonds. The van der Waals surface area contributed by atoms with E-state index in [1.807, 2.05) is 17.8 Å². The lowest BCUT2D eigenvalue weighted by Crippen LogP contribution is -2.26. The van der Waals surface area contributed by atoms with E-state index in [1.165, 1.54) is 12.3 Å². The van der Waals surface area contributed by atoms with Crippen molar-refractivity contribution in [3.8, 4) is 0 Å². The molecule has 0 radical (unpaired) electrons. The van der Waals surface area contributed by atoms with Crippen molar-refractivity contribution in [1.29, 1.82) is 0 Å². The minimum Gasteiger partial charge on any atom is -0.352 e. The summed E-state index contributed by atoms with van der Waals surface area (Å²) in [6.07, 6.45) is 5.63. The average Bonchev–Trinajstić information content (AvgIpc) is 2.78. The largest absolute Gasteiger partial charge is 0.352 e. The van der Waals surface area contributed by atoms with Crippen LogP contribution < -0.4 is 5.32 Å². The van der Waals surface area contributed by atoms with Crippen molar-refractivity contribution in [2.75, 3.05) is 6.54 Å². The molecule has 1 N–H and O–H groups in total. The number of carbonyl (C=O) groups is 1. The Bertz CT molecular complexity index is 597. The number of hydrogen-bond donors (Lipinski definition) is 1. The first-order valence-corrected chi connectivity index (χ1v) is 6.39. The zero-order valence-electron chi connectivity index (χ0n) is 10.2. The number of aryl methyl sites for hydroxylation is 1. The third kappa shape index (κ3) is 3.45. The number of hydrogen-bond acceptors (Lipinski definition) is 3. The van der Waals surface area contributed by atoms with Crippen LogP contribution in [0.15, 0.2) is 24.7 Å². The molecule has 2 aromatic heterocycles. The van der Waals surface area contributed by atoms with Gasteiger partial charge in [-0.25, -0.2) is 9.97 Å². The van der Waals surface area contributed by atoms with Crippen LogP contribution in [0.25, 0.3) is 0 Å². The van der Waals surface area contributed by atoms with E-state index in [9.17, 15) is 4.79 Å². The topological polar surface area (TPSA) is 59.8 Å². The number of imidazole rings is 1. The number of halogens is 2. The van der Waals surface area contributed by atoms with Crippen molar-refractivity contribution < 1.29 is 4.79 Å². The number of aromatic nitrogens is 3. The third-order valence-electron chi connectivity index (χ3n) is 2.61. The van der Waals surface area contributed by atoms with Crippen LogP contribution in [0.5, 0.6) is 0 Å². The lowest BCUT2D eigenvalue weighted by molar-refractivity contribution is 0.0953. The Labute approximate surface area is 120 Å². The van der Waals surface area contributed by atoms with E-state index in [1.54, 1.807) is 6.20 Å². The molecule has 7 heteroatoms. The average molecular weight is 299 g/mol. The summed E-state index contributed by atoms with van der Waals surface area (Å²) in [7, 11) is 1.91. The second kappa shape index (κ2) is 6.04. The number of pyridine rings is 1. The van der Waals surface area contributed by atoms with Gasteiger partial charge in [0.05, 0.1) is 10.6 Å². The molecule has 0 aliphatic carbocycles. The van der Waals surface area contributed by atoms with Gasteiger partial charge >= 0.3 is 0 Å². The number of rotatable bonds is 4. The molecule has 0 saturated carbocycles. The van der Waals surface area contributed by atoms with Crippen LogP contribution in [0.1, 0.15) is 16.2 Å². The SMILES string of the molecule is Cn1ccnc1CCNC(=O)c1cnc(Cl)c(Cl)c1. The molecule has 0 aliphatic heterocycles. The van der Waals surface area contributed by atoms with Gasteiger partial charge in [0.1, 0.15) is 11.0 Å². The standard InChI is InChI=1S/C12H12Cl2N4O/c1-18-5-4-15-10(18)2-3-16-12(19)8-6-9(13)11(14)17-7-8/h4-7H,2-3H2,1H3,(H,16,19). The number of carbonyl (C=O) groups excluding carboxylic acids is 1. The Morgan fingerprint density at radius 1 is 1.42 bits per heavy atom. The summed E-state index contributed by atoms with van der Waals surface area (Å²) in [4.78, 5) is 19.8. The molecule has 2 heterocycles. The molecule has 0 aliphatic rings. The second-order valence-corrected chi connectivity index (χ2v) is 4.72. The van der Waals surface area contributed by atoms with Crippen LogP contribution in [0.2, 0.25) is 10.2 Å². The maximum atomic E-state index is 11.8. The fourth-order valence-corrected chi connectivity index (χ4v) is 1.84. The van der Waals surface area contributed by atoms with E-state index in [0.717, 1.165) is 5.82 Å². The Morgan fingerprint density at radius 2 is 2.21 bits per heavy atom. The normalized spacial score (nSPS) is 10.5. The zero-order chi connectivity index (χ0) is 13.8. The molecule has 100 valence electrons. The summed E-state index contributed by atoms with van der Waals surface area (Å²) >= 11 is 11.5. The van der Waals surface area contributed by atoms with Gasteiger partial charge in [-0.1, -0.05) is 23.2 Å². The van der Waals surface area contributed by atoms with Gasteiger partial charge in [-0.05, 0) is 6.07 Å². The van der Waals surface area contributed by atoms with E-state index in [0.29, 0.717) is 18.5 Å². The summed E-state index contributed by atoms with van der Waals surface area (Å²) in [5, 5.41) is 3.23. The summed E-state index contributed by atoms with van der Waals surface area (Å²) in [6.45, 7) is 0.490. The van der Waals surface area contributed by atoms with Crippen molar-refractivity contribution in [1.82, 2.24) is 19.9 Å². The minimum atomic E-state index is -0.236. The molecule has 5 nitrogen and oxygen atoms in total. The van der Waals surface area contributed by atoms with Gasteiger partial charge in [0.25, 0.3) is 5.91 Å². The lowest BCUT2D eigenvalue weighted by Gasteiger charge is -2.06. The first-order valence-electron chi connectivity index (χ1n) is 5.63. The number of nitrogens with zero attached hydrogens (tertiary/aromatic N) is 3. The molecule has 19 heavy (non-hydrogen) atoms. The van der Waals surface area contributed by atoms with E-state index in [2.05, 4.69) is 15.3 Å². The third-order valence-corrected chi connectivity index (χ3v) is 3.30. The molecule has 0 spiro atoms. The first kappa shape index (κ1) is 13.8.